The number of aliphatic hydroxyl groups excluding tert-OH is 1. The molecular weight excluding hydrogens is 288 g/mol. The molecule has 0 rings (SSSR count). The molecule has 0 aromatic carbocycles. The summed E-state index contributed by atoms with van der Waals surface area (Å²) in [5.74, 6) is -0.833. The quantitative estimate of drug-likeness (QED) is 0.282. The average Bonchev–Trinajstić information content (AvgIpc) is 2.50. The number of carbonyl (C=O) groups is 1. The Morgan fingerprint density at radius 3 is 1.43 bits per heavy atom. The molecule has 0 aliphatic rings. The van der Waals surface area contributed by atoms with Crippen molar-refractivity contribution in [3.8, 4) is 0 Å². The Morgan fingerprint density at radius 2 is 1.09 bits per heavy atom. The van der Waals surface area contributed by atoms with Gasteiger partial charge in [0.05, 0.1) is 6.61 Å². The highest BCUT2D eigenvalue weighted by Crippen LogP contribution is 2.12. The van der Waals surface area contributed by atoms with E-state index in [9.17, 15) is 0 Å². The van der Waals surface area contributed by atoms with Crippen LogP contribution in [-0.4, -0.2) is 22.8 Å². The molecule has 0 aliphatic heterocycles. The molecule has 0 amide bonds. The van der Waals surface area contributed by atoms with Crippen molar-refractivity contribution in [2.45, 2.75) is 104 Å². The van der Waals surface area contributed by atoms with Gasteiger partial charge in [0.2, 0.25) is 0 Å². The molecule has 0 spiro atoms. The summed E-state index contributed by atoms with van der Waals surface area (Å²) in [6.07, 6.45) is 23.4. The fourth-order valence-corrected chi connectivity index (χ4v) is 2.47. The van der Waals surface area contributed by atoms with Crippen LogP contribution < -0.4 is 0 Å². The van der Waals surface area contributed by atoms with Gasteiger partial charge >= 0.3 is 0 Å². The molecule has 2 N–H and O–H groups in total. The summed E-state index contributed by atoms with van der Waals surface area (Å²) < 4.78 is 0. The van der Waals surface area contributed by atoms with E-state index >= 15 is 0 Å². The number of hydrogen-bond donors (Lipinski definition) is 2. The number of unbranched alkanes of at least 4 members (excludes halogenated alkanes) is 13. The Morgan fingerprint density at radius 1 is 0.739 bits per heavy atom. The van der Waals surface area contributed by atoms with Crippen LogP contribution >= 0.6 is 0 Å². The number of rotatable bonds is 15. The largest absolute Gasteiger partial charge is 0.481 e. The van der Waals surface area contributed by atoms with Gasteiger partial charge in [-0.1, -0.05) is 96.1 Å². The summed E-state index contributed by atoms with van der Waals surface area (Å²) in [5.41, 5.74) is 0. The van der Waals surface area contributed by atoms with Crippen molar-refractivity contribution >= 4 is 5.97 Å². The van der Waals surface area contributed by atoms with Crippen LogP contribution in [0.1, 0.15) is 104 Å². The van der Waals surface area contributed by atoms with Crippen LogP contribution in [0, 0.1) is 0 Å². The van der Waals surface area contributed by atoms with Gasteiger partial charge in [0, 0.05) is 6.92 Å². The van der Waals surface area contributed by atoms with Crippen molar-refractivity contribution in [3.63, 3.8) is 0 Å². The Labute approximate surface area is 144 Å². The van der Waals surface area contributed by atoms with Crippen LogP contribution in [0.15, 0.2) is 12.2 Å². The molecule has 0 atom stereocenters. The van der Waals surface area contributed by atoms with E-state index in [-0.39, 0.29) is 6.61 Å². The molecule has 0 saturated heterocycles. The van der Waals surface area contributed by atoms with Crippen molar-refractivity contribution in [2.24, 2.45) is 0 Å². The Bertz CT molecular complexity index is 245. The van der Waals surface area contributed by atoms with Crippen molar-refractivity contribution < 1.29 is 15.0 Å². The monoisotopic (exact) mass is 328 g/mol. The highest BCUT2D eigenvalue weighted by Gasteiger charge is 1.93. The van der Waals surface area contributed by atoms with E-state index in [4.69, 9.17) is 15.0 Å². The first kappa shape index (κ1) is 24.4. The molecular formula is C20H40O3. The fourth-order valence-electron chi connectivity index (χ4n) is 2.47. The summed E-state index contributed by atoms with van der Waals surface area (Å²) in [6.45, 7) is 3.56. The zero-order valence-electron chi connectivity index (χ0n) is 15.6. The van der Waals surface area contributed by atoms with Gasteiger partial charge in [-0.15, -0.1) is 0 Å². The lowest BCUT2D eigenvalue weighted by atomic mass is 10.0. The minimum absolute atomic E-state index is 0.193. The average molecular weight is 329 g/mol. The van der Waals surface area contributed by atoms with Crippen LogP contribution in [0.5, 0.6) is 0 Å². The van der Waals surface area contributed by atoms with E-state index in [2.05, 4.69) is 13.0 Å². The molecule has 0 aromatic heterocycles. The topological polar surface area (TPSA) is 57.5 Å². The SMILES string of the molecule is CC(=O)O.CCCCCCCCCCCCCCC/C=C\CO. The summed E-state index contributed by atoms with van der Waals surface area (Å²) in [6, 6.07) is 0. The second kappa shape index (κ2) is 23.4. The first-order chi connectivity index (χ1) is 11.1. The van der Waals surface area contributed by atoms with Gasteiger partial charge in [-0.3, -0.25) is 4.79 Å². The fraction of sp³-hybridized carbons (Fsp3) is 0.850. The van der Waals surface area contributed by atoms with E-state index in [1.165, 1.54) is 83.5 Å². The van der Waals surface area contributed by atoms with E-state index in [1.54, 1.807) is 0 Å². The molecule has 0 saturated carbocycles. The third kappa shape index (κ3) is 33.8. The second-order valence-corrected chi connectivity index (χ2v) is 6.20. The van der Waals surface area contributed by atoms with E-state index in [1.807, 2.05) is 6.08 Å². The van der Waals surface area contributed by atoms with Crippen molar-refractivity contribution in [1.82, 2.24) is 0 Å². The summed E-state index contributed by atoms with van der Waals surface area (Å²) in [7, 11) is 0. The summed E-state index contributed by atoms with van der Waals surface area (Å²) in [4.78, 5) is 9.00. The van der Waals surface area contributed by atoms with Gasteiger partial charge in [-0.25, -0.2) is 0 Å². The maximum absolute atomic E-state index is 9.00. The zero-order chi connectivity index (χ0) is 17.6. The minimum Gasteiger partial charge on any atom is -0.481 e. The van der Waals surface area contributed by atoms with Gasteiger partial charge in [0.25, 0.3) is 5.97 Å². The number of carboxylic acids is 1. The van der Waals surface area contributed by atoms with Gasteiger partial charge in [-0.2, -0.15) is 0 Å². The van der Waals surface area contributed by atoms with Crippen LogP contribution in [0.4, 0.5) is 0 Å². The van der Waals surface area contributed by atoms with E-state index in [0.29, 0.717) is 0 Å². The third-order valence-electron chi connectivity index (χ3n) is 3.75. The predicted octanol–water partition coefficient (Wildman–Crippen LogP) is 6.11. The predicted molar refractivity (Wildman–Crippen MR) is 99.8 cm³/mol. The van der Waals surface area contributed by atoms with Gasteiger partial charge in [0.15, 0.2) is 0 Å². The number of carboxylic acid groups (broad SMARTS) is 1. The molecule has 0 fully saturated rings. The van der Waals surface area contributed by atoms with Crippen LogP contribution in [0.3, 0.4) is 0 Å². The Hall–Kier alpha value is -0.830. The molecule has 3 nitrogen and oxygen atoms in total. The third-order valence-corrected chi connectivity index (χ3v) is 3.75. The first-order valence-electron chi connectivity index (χ1n) is 9.60. The lowest BCUT2D eigenvalue weighted by molar-refractivity contribution is -0.134. The first-order valence-corrected chi connectivity index (χ1v) is 9.60. The minimum atomic E-state index is -0.833. The van der Waals surface area contributed by atoms with Gasteiger partial charge in [-0.05, 0) is 12.8 Å². The second-order valence-electron chi connectivity index (χ2n) is 6.20. The highest BCUT2D eigenvalue weighted by molar-refractivity contribution is 5.62. The number of aliphatic carboxylic acids is 1. The smallest absolute Gasteiger partial charge is 0.300 e. The number of hydrogen-bond acceptors (Lipinski definition) is 2. The summed E-state index contributed by atoms with van der Waals surface area (Å²) >= 11 is 0. The molecule has 0 radical (unpaired) electrons. The zero-order valence-corrected chi connectivity index (χ0v) is 15.6. The van der Waals surface area contributed by atoms with E-state index in [0.717, 1.165) is 13.3 Å². The van der Waals surface area contributed by atoms with Crippen LogP contribution in [-0.2, 0) is 4.79 Å². The maximum Gasteiger partial charge on any atom is 0.300 e. The summed E-state index contributed by atoms with van der Waals surface area (Å²) in [5, 5.41) is 16.0. The Kier molecular flexibility index (Phi) is 24.9. The molecule has 0 bridgehead atoms. The highest BCUT2D eigenvalue weighted by atomic mass is 16.4. The standard InChI is InChI=1S/C18H36O.C2H4O2/c1-2-3-4-5-6-7-8-9-10-11-12-13-14-15-16-17-18-19;1-2(3)4/h16-17,19H,2-15,18H2,1H3;1H3,(H,3,4)/b17-16-;. The van der Waals surface area contributed by atoms with Crippen molar-refractivity contribution in [3.05, 3.63) is 12.2 Å². The molecule has 138 valence electrons. The molecule has 23 heavy (non-hydrogen) atoms. The van der Waals surface area contributed by atoms with Gasteiger partial charge in [0.1, 0.15) is 0 Å². The number of allylic oxidation sites excluding steroid dienone is 1. The maximum atomic E-state index is 9.00. The van der Waals surface area contributed by atoms with Crippen molar-refractivity contribution in [2.75, 3.05) is 6.61 Å². The lowest BCUT2D eigenvalue weighted by Crippen LogP contribution is -1.82. The van der Waals surface area contributed by atoms with Crippen LogP contribution in [0.25, 0.3) is 0 Å². The molecule has 3 heteroatoms. The Balaban J connectivity index is 0. The molecule has 0 aliphatic carbocycles. The number of aliphatic hydroxyl groups is 1. The van der Waals surface area contributed by atoms with Gasteiger partial charge < -0.3 is 10.2 Å². The molecule has 0 unspecified atom stereocenters. The normalized spacial score (nSPS) is 10.6. The molecule has 0 aromatic rings. The molecule has 0 heterocycles. The van der Waals surface area contributed by atoms with Crippen molar-refractivity contribution in [1.29, 1.82) is 0 Å². The van der Waals surface area contributed by atoms with E-state index < -0.39 is 5.97 Å². The van der Waals surface area contributed by atoms with Crippen LogP contribution in [0.2, 0.25) is 0 Å². The lowest BCUT2D eigenvalue weighted by Gasteiger charge is -2.02.